The van der Waals surface area contributed by atoms with E-state index < -0.39 is 6.04 Å². The lowest BCUT2D eigenvalue weighted by molar-refractivity contribution is 0.194. The first-order chi connectivity index (χ1) is 18.5. The quantitative estimate of drug-likeness (QED) is 0.283. The number of amides is 2. The van der Waals surface area contributed by atoms with Crippen LogP contribution in [0.25, 0.3) is 11.5 Å². The van der Waals surface area contributed by atoms with E-state index in [0.717, 1.165) is 39.8 Å². The molecule has 3 aromatic carbocycles. The molecule has 3 heterocycles. The summed E-state index contributed by atoms with van der Waals surface area (Å²) in [6, 6.07) is 28.5. The van der Waals surface area contributed by atoms with Crippen molar-refractivity contribution in [3.05, 3.63) is 125 Å². The van der Waals surface area contributed by atoms with Crippen molar-refractivity contribution >= 4 is 23.3 Å². The van der Waals surface area contributed by atoms with Crippen LogP contribution in [0.5, 0.6) is 5.75 Å². The molecular formula is C30H26ClN5O2. The lowest BCUT2D eigenvalue weighted by atomic mass is 10.0. The Morgan fingerprint density at radius 2 is 1.79 bits per heavy atom. The molecule has 0 spiro atoms. The van der Waals surface area contributed by atoms with Crippen LogP contribution < -0.4 is 10.1 Å². The zero-order chi connectivity index (χ0) is 26.2. The topological polar surface area (TPSA) is 64.3 Å². The molecule has 0 fully saturated rings. The van der Waals surface area contributed by atoms with Crippen molar-refractivity contribution in [3.8, 4) is 17.3 Å². The van der Waals surface area contributed by atoms with E-state index >= 15 is 0 Å². The number of hydrogen-bond acceptors (Lipinski definition) is 3. The predicted octanol–water partition coefficient (Wildman–Crippen LogP) is 6.77. The van der Waals surface area contributed by atoms with E-state index in [2.05, 4.69) is 9.88 Å². The molecule has 1 atom stereocenters. The maximum absolute atomic E-state index is 14.0. The fraction of sp³-hybridized carbons (Fsp3) is 0.133. The molecule has 1 unspecified atom stereocenters. The Labute approximate surface area is 225 Å². The van der Waals surface area contributed by atoms with Gasteiger partial charge in [-0.3, -0.25) is 0 Å². The van der Waals surface area contributed by atoms with Crippen molar-refractivity contribution in [1.29, 1.82) is 0 Å². The summed E-state index contributed by atoms with van der Waals surface area (Å²) in [6.07, 6.45) is 2.02. The Bertz CT molecular complexity index is 1610. The number of benzene rings is 3. The Kier molecular flexibility index (Phi) is 6.13. The largest absolute Gasteiger partial charge is 0.497 e. The third-order valence-electron chi connectivity index (χ3n) is 6.85. The van der Waals surface area contributed by atoms with Crippen LogP contribution in [-0.4, -0.2) is 32.4 Å². The molecule has 2 amide bonds. The van der Waals surface area contributed by atoms with Gasteiger partial charge in [0, 0.05) is 22.5 Å². The number of nitrogens with one attached hydrogen (secondary N) is 1. The van der Waals surface area contributed by atoms with E-state index in [0.29, 0.717) is 17.3 Å². The number of rotatable bonds is 4. The normalized spacial score (nSPS) is 14.4. The van der Waals surface area contributed by atoms with Crippen molar-refractivity contribution < 1.29 is 9.53 Å². The van der Waals surface area contributed by atoms with Gasteiger partial charge in [0.15, 0.2) is 0 Å². The number of ether oxygens (including phenoxy) is 1. The van der Waals surface area contributed by atoms with Gasteiger partial charge >= 0.3 is 6.03 Å². The highest BCUT2D eigenvalue weighted by molar-refractivity contribution is 6.30. The Morgan fingerprint density at radius 3 is 2.53 bits per heavy atom. The van der Waals surface area contributed by atoms with Crippen molar-refractivity contribution in [2.75, 3.05) is 12.4 Å². The number of anilines is 1. The minimum absolute atomic E-state index is 0.229. The minimum atomic E-state index is -0.391. The molecule has 2 aromatic heterocycles. The van der Waals surface area contributed by atoms with Crippen LogP contribution in [0.4, 0.5) is 10.5 Å². The monoisotopic (exact) mass is 523 g/mol. The fourth-order valence-corrected chi connectivity index (χ4v) is 5.25. The third-order valence-corrected chi connectivity index (χ3v) is 7.09. The van der Waals surface area contributed by atoms with Crippen LogP contribution >= 0.6 is 11.6 Å². The van der Waals surface area contributed by atoms with Crippen LogP contribution in [0, 0.1) is 6.92 Å². The van der Waals surface area contributed by atoms with Crippen molar-refractivity contribution in [3.63, 3.8) is 0 Å². The molecule has 1 aliphatic heterocycles. The summed E-state index contributed by atoms with van der Waals surface area (Å²) in [5.74, 6) is 1.64. The van der Waals surface area contributed by atoms with Gasteiger partial charge in [-0.15, -0.1) is 0 Å². The van der Waals surface area contributed by atoms with E-state index in [9.17, 15) is 4.79 Å². The smallest absolute Gasteiger partial charge is 0.322 e. The number of methoxy groups -OCH3 is 1. The summed E-state index contributed by atoms with van der Waals surface area (Å²) in [5, 5.41) is 8.59. The maximum atomic E-state index is 14.0. The van der Waals surface area contributed by atoms with Gasteiger partial charge in [0.2, 0.25) is 0 Å². The molecule has 38 heavy (non-hydrogen) atoms. The number of hydrogen-bond donors (Lipinski definition) is 1. The summed E-state index contributed by atoms with van der Waals surface area (Å²) in [5.41, 5.74) is 5.32. The summed E-state index contributed by atoms with van der Waals surface area (Å²) in [4.78, 5) is 15.8. The van der Waals surface area contributed by atoms with Gasteiger partial charge in [-0.25, -0.2) is 9.48 Å². The molecule has 0 saturated heterocycles. The van der Waals surface area contributed by atoms with Gasteiger partial charge in [0.05, 0.1) is 36.8 Å². The molecule has 6 rings (SSSR count). The van der Waals surface area contributed by atoms with Gasteiger partial charge < -0.3 is 19.5 Å². The van der Waals surface area contributed by atoms with E-state index in [1.54, 1.807) is 7.11 Å². The Balaban J connectivity index is 1.51. The average molecular weight is 524 g/mol. The highest BCUT2D eigenvalue weighted by Gasteiger charge is 2.36. The second-order valence-corrected chi connectivity index (χ2v) is 9.62. The molecule has 0 aliphatic carbocycles. The highest BCUT2D eigenvalue weighted by atomic mass is 35.5. The zero-order valence-electron chi connectivity index (χ0n) is 21.0. The number of carbonyl (C=O) groups excluding carboxylic acids is 1. The third kappa shape index (κ3) is 4.21. The molecule has 1 N–H and O–H groups in total. The molecule has 190 valence electrons. The number of nitrogens with zero attached hydrogens (tertiary/aromatic N) is 4. The van der Waals surface area contributed by atoms with Crippen molar-refractivity contribution in [2.24, 2.45) is 0 Å². The first-order valence-corrected chi connectivity index (χ1v) is 12.7. The minimum Gasteiger partial charge on any atom is -0.497 e. The summed E-state index contributed by atoms with van der Waals surface area (Å²) in [7, 11) is 1.62. The number of aromatic nitrogens is 3. The predicted molar refractivity (Wildman–Crippen MR) is 148 cm³/mol. The Hall–Kier alpha value is -4.49. The summed E-state index contributed by atoms with van der Waals surface area (Å²) in [6.45, 7) is 2.34. The number of para-hydroxylation sites is 1. The van der Waals surface area contributed by atoms with Gasteiger partial charge in [0.25, 0.3) is 0 Å². The van der Waals surface area contributed by atoms with Gasteiger partial charge in [-0.1, -0.05) is 41.9 Å². The number of carbonyl (C=O) groups is 1. The van der Waals surface area contributed by atoms with Crippen LogP contribution in [0.2, 0.25) is 5.02 Å². The number of halogens is 1. The zero-order valence-corrected chi connectivity index (χ0v) is 21.8. The van der Waals surface area contributed by atoms with Gasteiger partial charge in [0.1, 0.15) is 11.6 Å². The van der Waals surface area contributed by atoms with Gasteiger partial charge in [-0.05, 0) is 73.2 Å². The molecule has 7 nitrogen and oxygen atoms in total. The van der Waals surface area contributed by atoms with E-state index in [-0.39, 0.29) is 6.03 Å². The lowest BCUT2D eigenvalue weighted by Crippen LogP contribution is -2.38. The maximum Gasteiger partial charge on any atom is 0.322 e. The van der Waals surface area contributed by atoms with Crippen molar-refractivity contribution in [2.45, 2.75) is 19.5 Å². The first-order valence-electron chi connectivity index (χ1n) is 12.3. The number of urea groups is 1. The van der Waals surface area contributed by atoms with Crippen LogP contribution in [0.1, 0.15) is 28.6 Å². The lowest BCUT2D eigenvalue weighted by Gasteiger charge is -2.31. The Morgan fingerprint density at radius 1 is 1.00 bits per heavy atom. The molecule has 1 aliphatic rings. The fourth-order valence-electron chi connectivity index (χ4n) is 5.05. The standard InChI is InChI=1S/C30H26ClN5O2/c1-20-26-19-35(30(37)32-23-13-15-25(38-2)16-14-23)28(21-8-6-9-22(31)18-21)27-12-7-17-34(27)29(26)36(33-20)24-10-4-3-5-11-24/h3-18,28H,19H2,1-2H3,(H,32,37). The molecule has 8 heteroatoms. The second-order valence-electron chi connectivity index (χ2n) is 9.18. The molecule has 0 radical (unpaired) electrons. The molecule has 5 aromatic rings. The van der Waals surface area contributed by atoms with Crippen molar-refractivity contribution in [1.82, 2.24) is 19.2 Å². The van der Waals surface area contributed by atoms with Crippen LogP contribution in [-0.2, 0) is 6.54 Å². The van der Waals surface area contributed by atoms with E-state index in [4.69, 9.17) is 21.4 Å². The van der Waals surface area contributed by atoms with E-state index in [1.807, 2.05) is 114 Å². The van der Waals surface area contributed by atoms with Crippen LogP contribution in [0.15, 0.2) is 97.2 Å². The first kappa shape index (κ1) is 23.9. The highest BCUT2D eigenvalue weighted by Crippen LogP contribution is 2.39. The van der Waals surface area contributed by atoms with Gasteiger partial charge in [-0.2, -0.15) is 5.10 Å². The molecule has 0 bridgehead atoms. The van der Waals surface area contributed by atoms with E-state index in [1.165, 1.54) is 0 Å². The average Bonchev–Trinajstić information content (AvgIpc) is 3.50. The second kappa shape index (κ2) is 9.76. The number of aryl methyl sites for hydroxylation is 1. The van der Waals surface area contributed by atoms with Crippen LogP contribution in [0.3, 0.4) is 0 Å². The number of fused-ring (bicyclic) bond motifs is 3. The molecule has 0 saturated carbocycles. The summed E-state index contributed by atoms with van der Waals surface area (Å²) >= 11 is 6.44. The summed E-state index contributed by atoms with van der Waals surface area (Å²) < 4.78 is 9.35. The molecular weight excluding hydrogens is 498 g/mol. The SMILES string of the molecule is COc1ccc(NC(=O)N2Cc3c(C)nn(-c4ccccc4)c3-n3cccc3C2c2cccc(Cl)c2)cc1.